The van der Waals surface area contributed by atoms with Crippen molar-refractivity contribution in [3.05, 3.63) is 0 Å². The number of carbonyl (C=O) groups excluding carboxylic acids is 1. The van der Waals surface area contributed by atoms with Crippen molar-refractivity contribution in [2.45, 2.75) is 104 Å². The molecule has 4 fully saturated rings. The van der Waals surface area contributed by atoms with Crippen molar-refractivity contribution in [1.82, 2.24) is 0 Å². The Morgan fingerprint density at radius 3 is 2.21 bits per heavy atom. The summed E-state index contributed by atoms with van der Waals surface area (Å²) >= 11 is 0. The first-order valence-corrected chi connectivity index (χ1v) is 13.7. The molecule has 4 aliphatic rings. The summed E-state index contributed by atoms with van der Waals surface area (Å²) in [5.41, 5.74) is -0.345. The number of fused-ring (bicyclic) bond motifs is 5. The van der Waals surface area contributed by atoms with Gasteiger partial charge < -0.3 is 25.2 Å². The van der Waals surface area contributed by atoms with Gasteiger partial charge in [0.05, 0.1) is 36.9 Å². The molecule has 6 unspecified atom stereocenters. The molecular formula is C28H48O6. The van der Waals surface area contributed by atoms with E-state index in [-0.39, 0.29) is 52.8 Å². The molecule has 0 aromatic carbocycles. The van der Waals surface area contributed by atoms with Crippen LogP contribution >= 0.6 is 0 Å². The first-order valence-electron chi connectivity index (χ1n) is 13.7. The number of ether oxygens (including phenoxy) is 1. The molecule has 34 heavy (non-hydrogen) atoms. The largest absolute Gasteiger partial charge is 0.465 e. The van der Waals surface area contributed by atoms with Crippen molar-refractivity contribution in [1.29, 1.82) is 0 Å². The van der Waals surface area contributed by atoms with E-state index in [4.69, 9.17) is 4.74 Å². The van der Waals surface area contributed by atoms with Crippen LogP contribution in [0.1, 0.15) is 80.1 Å². The Balaban J connectivity index is 1.58. The molecule has 1 aliphatic heterocycles. The number of rotatable bonds is 5. The molecule has 6 nitrogen and oxygen atoms in total. The van der Waals surface area contributed by atoms with Crippen LogP contribution < -0.4 is 0 Å². The van der Waals surface area contributed by atoms with E-state index < -0.39 is 24.4 Å². The van der Waals surface area contributed by atoms with Crippen LogP contribution in [0, 0.1) is 58.2 Å². The van der Waals surface area contributed by atoms with Gasteiger partial charge in [0.1, 0.15) is 0 Å². The van der Waals surface area contributed by atoms with Crippen molar-refractivity contribution in [2.75, 3.05) is 6.61 Å². The first kappa shape index (κ1) is 26.4. The van der Waals surface area contributed by atoms with Gasteiger partial charge in [-0.1, -0.05) is 41.5 Å². The van der Waals surface area contributed by atoms with Crippen LogP contribution in [0.3, 0.4) is 0 Å². The van der Waals surface area contributed by atoms with E-state index in [2.05, 4.69) is 34.6 Å². The molecule has 4 N–H and O–H groups in total. The average molecular weight is 481 g/mol. The standard InChI is InChI=1S/C28H48O6/c1-14(2)15(3)24(31)25(32)16(4)18-7-8-19-17-13-34-26(33)21-11-22(29)23(30)12-28(21,6)20(17)9-10-27(18,19)5/h14-25,29-32H,7-13H2,1-6H3/t15-,16-,17?,18+,19?,20?,21?,22-,23+,24?,25?,27+,28+/m0/s1. The Bertz CT molecular complexity index is 755. The summed E-state index contributed by atoms with van der Waals surface area (Å²) in [5, 5.41) is 42.9. The Morgan fingerprint density at radius 1 is 0.912 bits per heavy atom. The third-order valence-corrected chi connectivity index (χ3v) is 11.5. The lowest BCUT2D eigenvalue weighted by molar-refractivity contribution is -0.162. The number of aliphatic hydroxyl groups is 4. The fraction of sp³-hybridized carbons (Fsp3) is 0.964. The second-order valence-electron chi connectivity index (χ2n) is 13.3. The van der Waals surface area contributed by atoms with Crippen molar-refractivity contribution in [2.24, 2.45) is 58.2 Å². The molecule has 0 amide bonds. The SMILES string of the molecule is CC(C)[C@H](C)C(O)C(O)[C@@H](C)[C@H]1CCC2C3COC(=O)C4C[C@H](O)[C@H](O)C[C@]4(C)C3CC[C@@]21C. The Labute approximate surface area is 205 Å². The minimum absolute atomic E-state index is 0.00827. The smallest absolute Gasteiger partial charge is 0.309 e. The second kappa shape index (κ2) is 9.32. The lowest BCUT2D eigenvalue weighted by Crippen LogP contribution is -2.55. The molecule has 0 radical (unpaired) electrons. The minimum atomic E-state index is -0.867. The molecule has 1 heterocycles. The zero-order chi connectivity index (χ0) is 25.2. The Kier molecular flexibility index (Phi) is 7.23. The quantitative estimate of drug-likeness (QED) is 0.450. The van der Waals surface area contributed by atoms with Gasteiger partial charge in [-0.3, -0.25) is 4.79 Å². The zero-order valence-electron chi connectivity index (χ0n) is 22.0. The summed E-state index contributed by atoms with van der Waals surface area (Å²) in [6.45, 7) is 13.2. The summed E-state index contributed by atoms with van der Waals surface area (Å²) in [5.74, 6) is 0.948. The highest BCUT2D eigenvalue weighted by atomic mass is 16.5. The van der Waals surface area contributed by atoms with Crippen LogP contribution in [0.2, 0.25) is 0 Å². The molecule has 4 rings (SSSR count). The highest BCUT2D eigenvalue weighted by Crippen LogP contribution is 2.66. The number of aliphatic hydroxyl groups excluding tert-OH is 4. The minimum Gasteiger partial charge on any atom is -0.465 e. The molecule has 0 aromatic rings. The lowest BCUT2D eigenvalue weighted by Gasteiger charge is -2.56. The second-order valence-corrected chi connectivity index (χ2v) is 13.3. The van der Waals surface area contributed by atoms with Gasteiger partial charge in [-0.05, 0) is 90.8 Å². The monoisotopic (exact) mass is 480 g/mol. The normalized spacial score (nSPS) is 48.1. The molecule has 0 aromatic heterocycles. The van der Waals surface area contributed by atoms with Crippen LogP contribution in [-0.4, -0.2) is 57.4 Å². The Morgan fingerprint density at radius 2 is 1.56 bits per heavy atom. The number of hydrogen-bond acceptors (Lipinski definition) is 6. The molecular weight excluding hydrogens is 432 g/mol. The van der Waals surface area contributed by atoms with Crippen LogP contribution in [-0.2, 0) is 9.53 Å². The van der Waals surface area contributed by atoms with E-state index in [0.717, 1.165) is 25.7 Å². The average Bonchev–Trinajstić information content (AvgIpc) is 3.09. The maximum atomic E-state index is 13.0. The van der Waals surface area contributed by atoms with Gasteiger partial charge in [-0.15, -0.1) is 0 Å². The summed E-state index contributed by atoms with van der Waals surface area (Å²) in [6, 6.07) is 0. The summed E-state index contributed by atoms with van der Waals surface area (Å²) in [4.78, 5) is 13.0. The number of carbonyl (C=O) groups is 1. The molecule has 0 spiro atoms. The topological polar surface area (TPSA) is 107 Å². The van der Waals surface area contributed by atoms with Crippen molar-refractivity contribution < 1.29 is 30.0 Å². The molecule has 6 heteroatoms. The van der Waals surface area contributed by atoms with E-state index in [1.165, 1.54) is 0 Å². The lowest BCUT2D eigenvalue weighted by atomic mass is 9.48. The van der Waals surface area contributed by atoms with Gasteiger partial charge in [-0.25, -0.2) is 0 Å². The zero-order valence-corrected chi connectivity index (χ0v) is 22.0. The van der Waals surface area contributed by atoms with Gasteiger partial charge in [-0.2, -0.15) is 0 Å². The molecule has 3 aliphatic carbocycles. The van der Waals surface area contributed by atoms with Gasteiger partial charge >= 0.3 is 5.97 Å². The molecule has 1 saturated heterocycles. The maximum absolute atomic E-state index is 13.0. The summed E-state index contributed by atoms with van der Waals surface area (Å²) < 4.78 is 5.86. The highest BCUT2D eigenvalue weighted by molar-refractivity contribution is 5.74. The highest BCUT2D eigenvalue weighted by Gasteiger charge is 2.63. The summed E-state index contributed by atoms with van der Waals surface area (Å²) in [6.07, 6.45) is 1.61. The Hall–Kier alpha value is -0.690. The van der Waals surface area contributed by atoms with Crippen molar-refractivity contribution in [3.8, 4) is 0 Å². The van der Waals surface area contributed by atoms with E-state index >= 15 is 0 Å². The van der Waals surface area contributed by atoms with E-state index in [1.807, 2.05) is 6.92 Å². The van der Waals surface area contributed by atoms with Gasteiger partial charge in [0.2, 0.25) is 0 Å². The third-order valence-electron chi connectivity index (χ3n) is 11.5. The fourth-order valence-corrected chi connectivity index (χ4v) is 8.95. The van der Waals surface area contributed by atoms with Crippen LogP contribution in [0.25, 0.3) is 0 Å². The number of esters is 1. The predicted molar refractivity (Wildman–Crippen MR) is 130 cm³/mol. The van der Waals surface area contributed by atoms with E-state index in [0.29, 0.717) is 30.8 Å². The van der Waals surface area contributed by atoms with Crippen molar-refractivity contribution in [3.63, 3.8) is 0 Å². The fourth-order valence-electron chi connectivity index (χ4n) is 8.95. The van der Waals surface area contributed by atoms with Crippen molar-refractivity contribution >= 4 is 5.97 Å². The molecule has 196 valence electrons. The molecule has 3 saturated carbocycles. The van der Waals surface area contributed by atoms with Crippen LogP contribution in [0.4, 0.5) is 0 Å². The van der Waals surface area contributed by atoms with Gasteiger partial charge in [0.25, 0.3) is 0 Å². The maximum Gasteiger partial charge on any atom is 0.309 e. The van der Waals surface area contributed by atoms with Crippen LogP contribution in [0.5, 0.6) is 0 Å². The van der Waals surface area contributed by atoms with E-state index in [9.17, 15) is 25.2 Å². The third kappa shape index (κ3) is 4.05. The van der Waals surface area contributed by atoms with Crippen LogP contribution in [0.15, 0.2) is 0 Å². The summed E-state index contributed by atoms with van der Waals surface area (Å²) in [7, 11) is 0. The molecule has 0 bridgehead atoms. The van der Waals surface area contributed by atoms with Gasteiger partial charge in [0, 0.05) is 0 Å². The molecule has 13 atom stereocenters. The van der Waals surface area contributed by atoms with Gasteiger partial charge in [0.15, 0.2) is 0 Å². The number of cyclic esters (lactones) is 1. The van der Waals surface area contributed by atoms with E-state index in [1.54, 1.807) is 0 Å². The first-order chi connectivity index (χ1) is 15.8. The predicted octanol–water partition coefficient (Wildman–Crippen LogP) is 3.39. The number of hydrogen-bond donors (Lipinski definition) is 4.